The van der Waals surface area contributed by atoms with Gasteiger partial charge in [-0.2, -0.15) is 0 Å². The predicted molar refractivity (Wildman–Crippen MR) is 90.6 cm³/mol. The molecule has 0 unspecified atom stereocenters. The molecule has 6 heteroatoms. The van der Waals surface area contributed by atoms with Crippen LogP contribution in [0.1, 0.15) is 46.8 Å². The van der Waals surface area contributed by atoms with Gasteiger partial charge in [-0.25, -0.2) is 4.79 Å². The van der Waals surface area contributed by atoms with Crippen molar-refractivity contribution < 1.29 is 14.3 Å². The molecule has 22 heavy (non-hydrogen) atoms. The van der Waals surface area contributed by atoms with E-state index in [9.17, 15) is 9.90 Å². The lowest BCUT2D eigenvalue weighted by Crippen LogP contribution is -2.22. The van der Waals surface area contributed by atoms with Gasteiger partial charge < -0.3 is 9.52 Å². The fourth-order valence-corrected chi connectivity index (χ4v) is 4.42. The highest BCUT2D eigenvalue weighted by atomic mass is 32.1. The summed E-state index contributed by atoms with van der Waals surface area (Å²) in [6, 6.07) is 3.70. The Balaban J connectivity index is 2.08. The molecule has 1 aliphatic rings. The summed E-state index contributed by atoms with van der Waals surface area (Å²) in [6.45, 7) is 4.90. The summed E-state index contributed by atoms with van der Waals surface area (Å²) >= 11 is 5.52. The van der Waals surface area contributed by atoms with Crippen LogP contribution in [0.3, 0.4) is 0 Å². The molecule has 0 amide bonds. The molecular weight excluding hydrogens is 318 g/mol. The second-order valence-corrected chi connectivity index (χ2v) is 7.88. The van der Waals surface area contributed by atoms with Crippen LogP contribution in [0.15, 0.2) is 16.5 Å². The van der Waals surface area contributed by atoms with Gasteiger partial charge in [-0.05, 0) is 42.4 Å². The van der Waals surface area contributed by atoms with Gasteiger partial charge in [0.15, 0.2) is 0 Å². The van der Waals surface area contributed by atoms with E-state index in [1.807, 2.05) is 12.1 Å². The van der Waals surface area contributed by atoms with Crippen molar-refractivity contribution in [1.29, 1.82) is 0 Å². The first-order valence-corrected chi connectivity index (χ1v) is 8.51. The SMILES string of the molecule is CC1(C)CCc2sc(-c3ccc(CNS)o3)c(C(=O)O)c2C1. The third kappa shape index (κ3) is 2.83. The van der Waals surface area contributed by atoms with Crippen LogP contribution in [0.2, 0.25) is 0 Å². The molecule has 3 rings (SSSR count). The van der Waals surface area contributed by atoms with Gasteiger partial charge in [0.1, 0.15) is 11.5 Å². The van der Waals surface area contributed by atoms with Crippen molar-refractivity contribution in [3.05, 3.63) is 33.9 Å². The molecule has 0 saturated carbocycles. The van der Waals surface area contributed by atoms with Gasteiger partial charge >= 0.3 is 5.97 Å². The molecule has 0 atom stereocenters. The minimum atomic E-state index is -0.865. The Labute approximate surface area is 139 Å². The Hall–Kier alpha value is -1.24. The average Bonchev–Trinajstić information content (AvgIpc) is 3.01. The second kappa shape index (κ2) is 5.76. The Kier molecular flexibility index (Phi) is 4.09. The van der Waals surface area contributed by atoms with Crippen molar-refractivity contribution in [3.63, 3.8) is 0 Å². The van der Waals surface area contributed by atoms with Crippen LogP contribution in [0.5, 0.6) is 0 Å². The molecule has 2 aromatic rings. The van der Waals surface area contributed by atoms with Crippen molar-refractivity contribution in [3.8, 4) is 10.6 Å². The standard InChI is InChI=1S/C16H19NO3S2/c1-16(2)6-5-12-10(7-16)13(15(18)19)14(22-12)11-4-3-9(20-11)8-17-21/h3-4,17,21H,5-8H2,1-2H3,(H,18,19). The fourth-order valence-electron chi connectivity index (χ4n) is 2.99. The summed E-state index contributed by atoms with van der Waals surface area (Å²) in [7, 11) is 0. The quantitative estimate of drug-likeness (QED) is 0.733. The van der Waals surface area contributed by atoms with Gasteiger partial charge in [0.25, 0.3) is 0 Å². The van der Waals surface area contributed by atoms with Crippen molar-refractivity contribution in [2.24, 2.45) is 5.41 Å². The molecule has 2 heterocycles. The maximum Gasteiger partial charge on any atom is 0.337 e. The number of nitrogens with one attached hydrogen (secondary N) is 1. The smallest absolute Gasteiger partial charge is 0.337 e. The Morgan fingerprint density at radius 2 is 2.27 bits per heavy atom. The highest BCUT2D eigenvalue weighted by Gasteiger charge is 2.33. The highest BCUT2D eigenvalue weighted by molar-refractivity contribution is 7.78. The van der Waals surface area contributed by atoms with Gasteiger partial charge in [-0.1, -0.05) is 26.7 Å². The number of hydrogen-bond acceptors (Lipinski definition) is 5. The maximum absolute atomic E-state index is 11.8. The first-order valence-electron chi connectivity index (χ1n) is 7.25. The molecule has 0 aromatic carbocycles. The van der Waals surface area contributed by atoms with Gasteiger partial charge in [-0.3, -0.25) is 4.72 Å². The first kappa shape index (κ1) is 15.6. The molecule has 0 fully saturated rings. The lowest BCUT2D eigenvalue weighted by molar-refractivity contribution is 0.0696. The zero-order chi connectivity index (χ0) is 15.9. The van der Waals surface area contributed by atoms with E-state index >= 15 is 0 Å². The molecule has 0 radical (unpaired) electrons. The maximum atomic E-state index is 11.8. The van der Waals surface area contributed by atoms with E-state index < -0.39 is 5.97 Å². The van der Waals surface area contributed by atoms with E-state index in [0.717, 1.165) is 35.5 Å². The average molecular weight is 337 g/mol. The molecule has 0 spiro atoms. The number of carboxylic acids is 1. The zero-order valence-corrected chi connectivity index (χ0v) is 14.3. The van der Waals surface area contributed by atoms with Crippen molar-refractivity contribution in [2.75, 3.05) is 0 Å². The number of aryl methyl sites for hydroxylation is 1. The summed E-state index contributed by atoms with van der Waals surface area (Å²) in [4.78, 5) is 13.7. The largest absolute Gasteiger partial charge is 0.478 e. The first-order chi connectivity index (χ1) is 10.4. The zero-order valence-electron chi connectivity index (χ0n) is 12.6. The molecule has 1 aliphatic carbocycles. The number of thiophene rings is 1. The van der Waals surface area contributed by atoms with Crippen LogP contribution in [0, 0.1) is 5.41 Å². The van der Waals surface area contributed by atoms with Crippen LogP contribution in [0.4, 0.5) is 0 Å². The molecule has 0 aliphatic heterocycles. The van der Waals surface area contributed by atoms with E-state index in [-0.39, 0.29) is 5.41 Å². The summed E-state index contributed by atoms with van der Waals surface area (Å²) < 4.78 is 8.50. The molecule has 2 N–H and O–H groups in total. The number of furan rings is 1. The summed E-state index contributed by atoms with van der Waals surface area (Å²) in [6.07, 6.45) is 2.84. The monoisotopic (exact) mass is 337 g/mol. The Bertz CT molecular complexity index is 715. The molecule has 2 aromatic heterocycles. The summed E-state index contributed by atoms with van der Waals surface area (Å²) in [5.41, 5.74) is 1.57. The fraction of sp³-hybridized carbons (Fsp3) is 0.438. The van der Waals surface area contributed by atoms with Crippen LogP contribution in [-0.4, -0.2) is 11.1 Å². The van der Waals surface area contributed by atoms with Gasteiger partial charge in [-0.15, -0.1) is 11.3 Å². The number of carboxylic acid groups (broad SMARTS) is 1. The molecule has 118 valence electrons. The van der Waals surface area contributed by atoms with Gasteiger partial charge in [0.05, 0.1) is 17.0 Å². The topological polar surface area (TPSA) is 62.5 Å². The molecule has 0 saturated heterocycles. The van der Waals surface area contributed by atoms with E-state index in [1.165, 1.54) is 4.88 Å². The van der Waals surface area contributed by atoms with Crippen LogP contribution < -0.4 is 4.72 Å². The van der Waals surface area contributed by atoms with E-state index in [0.29, 0.717) is 17.9 Å². The normalized spacial score (nSPS) is 16.5. The van der Waals surface area contributed by atoms with Crippen molar-refractivity contribution >= 4 is 30.1 Å². The highest BCUT2D eigenvalue weighted by Crippen LogP contribution is 2.45. The number of aromatic carboxylic acids is 1. The Morgan fingerprint density at radius 1 is 1.50 bits per heavy atom. The summed E-state index contributed by atoms with van der Waals surface area (Å²) in [5, 5.41) is 9.69. The summed E-state index contributed by atoms with van der Waals surface area (Å²) in [5.74, 6) is 0.511. The molecule has 4 nitrogen and oxygen atoms in total. The van der Waals surface area contributed by atoms with E-state index in [4.69, 9.17) is 4.42 Å². The van der Waals surface area contributed by atoms with Crippen LogP contribution in [0.25, 0.3) is 10.6 Å². The lowest BCUT2D eigenvalue weighted by atomic mass is 9.76. The van der Waals surface area contributed by atoms with Crippen molar-refractivity contribution in [2.45, 2.75) is 39.7 Å². The number of hydrogen-bond donors (Lipinski definition) is 3. The predicted octanol–water partition coefficient (Wildman–Crippen LogP) is 4.16. The molecular formula is C16H19NO3S2. The van der Waals surface area contributed by atoms with Crippen molar-refractivity contribution in [1.82, 2.24) is 4.72 Å². The third-order valence-electron chi connectivity index (χ3n) is 4.13. The number of rotatable bonds is 4. The second-order valence-electron chi connectivity index (χ2n) is 6.45. The number of thiol groups is 1. The third-order valence-corrected chi connectivity index (χ3v) is 5.59. The van der Waals surface area contributed by atoms with E-state index in [1.54, 1.807) is 11.3 Å². The Morgan fingerprint density at radius 3 is 2.95 bits per heavy atom. The lowest BCUT2D eigenvalue weighted by Gasteiger charge is -2.29. The minimum Gasteiger partial charge on any atom is -0.478 e. The van der Waals surface area contributed by atoms with Crippen LogP contribution in [-0.2, 0) is 19.4 Å². The van der Waals surface area contributed by atoms with E-state index in [2.05, 4.69) is 31.4 Å². The van der Waals surface area contributed by atoms with Gasteiger partial charge in [0.2, 0.25) is 0 Å². The number of carbonyl (C=O) groups is 1. The minimum absolute atomic E-state index is 0.153. The molecule has 0 bridgehead atoms. The number of fused-ring (bicyclic) bond motifs is 1. The van der Waals surface area contributed by atoms with Crippen LogP contribution >= 0.6 is 24.2 Å². The van der Waals surface area contributed by atoms with Gasteiger partial charge in [0, 0.05) is 4.88 Å².